The Bertz CT molecular complexity index is 957. The van der Waals surface area contributed by atoms with Crippen LogP contribution in [0.3, 0.4) is 0 Å². The SMILES string of the molecule is CC(=O)N1CCN(Cc2ccc3c(c2)CN(C(=O)Cc2cccc(F)c2)CCO3)CC1. The van der Waals surface area contributed by atoms with E-state index in [4.69, 9.17) is 4.74 Å². The third kappa shape index (κ3) is 5.41. The molecule has 2 aliphatic heterocycles. The Hall–Kier alpha value is -2.93. The Morgan fingerprint density at radius 1 is 0.968 bits per heavy atom. The summed E-state index contributed by atoms with van der Waals surface area (Å²) in [6, 6.07) is 12.3. The molecule has 2 aromatic rings. The smallest absolute Gasteiger partial charge is 0.227 e. The molecule has 2 amide bonds. The number of fused-ring (bicyclic) bond motifs is 1. The Balaban J connectivity index is 1.41. The highest BCUT2D eigenvalue weighted by atomic mass is 19.1. The van der Waals surface area contributed by atoms with E-state index in [1.807, 2.05) is 11.0 Å². The number of hydrogen-bond donors (Lipinski definition) is 0. The van der Waals surface area contributed by atoms with Crippen molar-refractivity contribution in [1.82, 2.24) is 14.7 Å². The van der Waals surface area contributed by atoms with Crippen molar-refractivity contribution in [2.45, 2.75) is 26.4 Å². The van der Waals surface area contributed by atoms with Gasteiger partial charge < -0.3 is 14.5 Å². The molecule has 0 radical (unpaired) electrons. The second-order valence-corrected chi connectivity index (χ2v) is 8.19. The topological polar surface area (TPSA) is 53.1 Å². The maximum atomic E-state index is 13.5. The fraction of sp³-hybridized carbons (Fsp3) is 0.417. The van der Waals surface area contributed by atoms with Crippen molar-refractivity contribution in [3.63, 3.8) is 0 Å². The average Bonchev–Trinajstić information content (AvgIpc) is 2.96. The fourth-order valence-electron chi connectivity index (χ4n) is 4.17. The maximum Gasteiger partial charge on any atom is 0.227 e. The van der Waals surface area contributed by atoms with E-state index in [-0.39, 0.29) is 24.1 Å². The number of carbonyl (C=O) groups is 2. The van der Waals surface area contributed by atoms with Gasteiger partial charge in [0.05, 0.1) is 13.0 Å². The van der Waals surface area contributed by atoms with Gasteiger partial charge in [-0.3, -0.25) is 14.5 Å². The molecule has 0 aliphatic carbocycles. The van der Waals surface area contributed by atoms with E-state index in [2.05, 4.69) is 17.0 Å². The van der Waals surface area contributed by atoms with Crippen molar-refractivity contribution in [3.05, 3.63) is 65.0 Å². The van der Waals surface area contributed by atoms with E-state index in [9.17, 15) is 14.0 Å². The van der Waals surface area contributed by atoms with E-state index < -0.39 is 0 Å². The van der Waals surface area contributed by atoms with Crippen LogP contribution in [0, 0.1) is 5.82 Å². The van der Waals surface area contributed by atoms with Gasteiger partial charge in [0.2, 0.25) is 11.8 Å². The standard InChI is InChI=1S/C24H28FN3O3/c1-18(29)27-9-7-26(8-10-27)16-20-5-6-23-21(13-20)17-28(11-12-31-23)24(30)15-19-3-2-4-22(25)14-19/h2-6,13-14H,7-12,15-17H2,1H3. The summed E-state index contributed by atoms with van der Waals surface area (Å²) in [4.78, 5) is 30.4. The van der Waals surface area contributed by atoms with Crippen LogP contribution in [0.4, 0.5) is 4.39 Å². The van der Waals surface area contributed by atoms with Crippen molar-refractivity contribution in [1.29, 1.82) is 0 Å². The number of halogens is 1. The van der Waals surface area contributed by atoms with Crippen LogP contribution < -0.4 is 4.74 Å². The monoisotopic (exact) mass is 425 g/mol. The lowest BCUT2D eigenvalue weighted by Gasteiger charge is -2.34. The maximum absolute atomic E-state index is 13.5. The van der Waals surface area contributed by atoms with Gasteiger partial charge in [-0.05, 0) is 35.4 Å². The lowest BCUT2D eigenvalue weighted by atomic mass is 10.1. The molecule has 0 aromatic heterocycles. The first-order valence-corrected chi connectivity index (χ1v) is 10.7. The minimum atomic E-state index is -0.330. The summed E-state index contributed by atoms with van der Waals surface area (Å²) in [5.41, 5.74) is 2.83. The zero-order valence-electron chi connectivity index (χ0n) is 17.8. The number of hydrogen-bond acceptors (Lipinski definition) is 4. The first kappa shape index (κ1) is 21.3. The fourth-order valence-corrected chi connectivity index (χ4v) is 4.17. The Morgan fingerprint density at radius 2 is 1.77 bits per heavy atom. The third-order valence-electron chi connectivity index (χ3n) is 5.93. The molecule has 0 N–H and O–H groups in total. The minimum Gasteiger partial charge on any atom is -0.491 e. The summed E-state index contributed by atoms with van der Waals surface area (Å²) in [5, 5.41) is 0. The van der Waals surface area contributed by atoms with Gasteiger partial charge in [0.15, 0.2) is 0 Å². The molecule has 7 heteroatoms. The van der Waals surface area contributed by atoms with Crippen LogP contribution in [0.5, 0.6) is 5.75 Å². The van der Waals surface area contributed by atoms with Gasteiger partial charge in [0.1, 0.15) is 18.2 Å². The van der Waals surface area contributed by atoms with Crippen molar-refractivity contribution in [2.75, 3.05) is 39.3 Å². The average molecular weight is 426 g/mol. The van der Waals surface area contributed by atoms with Gasteiger partial charge >= 0.3 is 0 Å². The lowest BCUT2D eigenvalue weighted by molar-refractivity contribution is -0.131. The zero-order valence-corrected chi connectivity index (χ0v) is 17.8. The molecule has 0 atom stereocenters. The molecule has 0 saturated carbocycles. The number of carbonyl (C=O) groups excluding carboxylic acids is 2. The molecule has 2 heterocycles. The van der Waals surface area contributed by atoms with Crippen LogP contribution in [0.2, 0.25) is 0 Å². The van der Waals surface area contributed by atoms with E-state index in [0.29, 0.717) is 25.3 Å². The van der Waals surface area contributed by atoms with Crippen LogP contribution in [-0.4, -0.2) is 65.8 Å². The predicted molar refractivity (Wildman–Crippen MR) is 115 cm³/mol. The number of piperazine rings is 1. The minimum absolute atomic E-state index is 0.0344. The van der Waals surface area contributed by atoms with Gasteiger partial charge in [-0.25, -0.2) is 4.39 Å². The number of amides is 2. The predicted octanol–water partition coefficient (Wildman–Crippen LogP) is 2.45. The molecule has 2 aromatic carbocycles. The Kier molecular flexibility index (Phi) is 6.51. The second kappa shape index (κ2) is 9.47. The summed E-state index contributed by atoms with van der Waals surface area (Å²) in [6.07, 6.45) is 0.174. The summed E-state index contributed by atoms with van der Waals surface area (Å²) in [6.45, 7) is 7.06. The molecule has 31 heavy (non-hydrogen) atoms. The van der Waals surface area contributed by atoms with Gasteiger partial charge in [-0.2, -0.15) is 0 Å². The van der Waals surface area contributed by atoms with Crippen LogP contribution in [0.15, 0.2) is 42.5 Å². The molecule has 2 aliphatic rings. The number of benzene rings is 2. The number of rotatable bonds is 4. The molecule has 0 spiro atoms. The molecule has 164 valence electrons. The molecule has 1 fully saturated rings. The van der Waals surface area contributed by atoms with Crippen molar-refractivity contribution in [2.24, 2.45) is 0 Å². The van der Waals surface area contributed by atoms with E-state index >= 15 is 0 Å². The summed E-state index contributed by atoms with van der Waals surface area (Å²) < 4.78 is 19.3. The van der Waals surface area contributed by atoms with E-state index in [1.165, 1.54) is 12.1 Å². The van der Waals surface area contributed by atoms with Gasteiger partial charge in [0, 0.05) is 51.8 Å². The van der Waals surface area contributed by atoms with Crippen molar-refractivity contribution < 1.29 is 18.7 Å². The van der Waals surface area contributed by atoms with E-state index in [1.54, 1.807) is 24.0 Å². The van der Waals surface area contributed by atoms with E-state index in [0.717, 1.165) is 49.6 Å². The first-order valence-electron chi connectivity index (χ1n) is 10.7. The van der Waals surface area contributed by atoms with Gasteiger partial charge in [0.25, 0.3) is 0 Å². The van der Waals surface area contributed by atoms with Crippen LogP contribution in [0.25, 0.3) is 0 Å². The highest BCUT2D eigenvalue weighted by molar-refractivity contribution is 5.79. The normalized spacial score (nSPS) is 17.0. The van der Waals surface area contributed by atoms with Crippen molar-refractivity contribution in [3.8, 4) is 5.75 Å². The highest BCUT2D eigenvalue weighted by Gasteiger charge is 2.22. The van der Waals surface area contributed by atoms with Gasteiger partial charge in [-0.15, -0.1) is 0 Å². The quantitative estimate of drug-likeness (QED) is 0.755. The largest absolute Gasteiger partial charge is 0.491 e. The van der Waals surface area contributed by atoms with Crippen LogP contribution >= 0.6 is 0 Å². The first-order chi connectivity index (χ1) is 15.0. The van der Waals surface area contributed by atoms with Crippen molar-refractivity contribution >= 4 is 11.8 Å². The third-order valence-corrected chi connectivity index (χ3v) is 5.93. The lowest BCUT2D eigenvalue weighted by Crippen LogP contribution is -2.47. The molecular weight excluding hydrogens is 397 g/mol. The Morgan fingerprint density at radius 3 is 2.52 bits per heavy atom. The molecule has 0 bridgehead atoms. The molecule has 4 rings (SSSR count). The second-order valence-electron chi connectivity index (χ2n) is 8.19. The molecule has 1 saturated heterocycles. The zero-order chi connectivity index (χ0) is 21.8. The van der Waals surface area contributed by atoms with Gasteiger partial charge in [-0.1, -0.05) is 18.2 Å². The number of nitrogens with zero attached hydrogens (tertiary/aromatic N) is 3. The molecular formula is C24H28FN3O3. The van der Waals surface area contributed by atoms with Crippen LogP contribution in [0.1, 0.15) is 23.6 Å². The number of ether oxygens (including phenoxy) is 1. The summed E-state index contributed by atoms with van der Waals surface area (Å²) >= 11 is 0. The summed E-state index contributed by atoms with van der Waals surface area (Å²) in [5.74, 6) is 0.576. The molecule has 0 unspecified atom stereocenters. The Labute approximate surface area is 182 Å². The molecule has 6 nitrogen and oxygen atoms in total. The summed E-state index contributed by atoms with van der Waals surface area (Å²) in [7, 11) is 0. The van der Waals surface area contributed by atoms with Crippen LogP contribution in [-0.2, 0) is 29.1 Å². The highest BCUT2D eigenvalue weighted by Crippen LogP contribution is 2.26.